The van der Waals surface area contributed by atoms with Crippen molar-refractivity contribution in [3.05, 3.63) is 29.8 Å². The molecule has 0 aliphatic carbocycles. The molecule has 0 saturated heterocycles. The Kier molecular flexibility index (Phi) is 4.15. The van der Waals surface area contributed by atoms with Crippen molar-refractivity contribution in [2.75, 3.05) is 13.2 Å². The van der Waals surface area contributed by atoms with E-state index in [1.807, 2.05) is 12.1 Å². The minimum atomic E-state index is 0.288. The van der Waals surface area contributed by atoms with Gasteiger partial charge in [0.15, 0.2) is 0 Å². The third-order valence-electron chi connectivity index (χ3n) is 2.13. The molecule has 0 amide bonds. The topological polar surface area (TPSA) is 25.8 Å². The summed E-state index contributed by atoms with van der Waals surface area (Å²) in [6.07, 6.45) is 0. The summed E-state index contributed by atoms with van der Waals surface area (Å²) < 4.78 is 5.65. The minimum Gasteiger partial charge on any atom is -0.488 e. The Morgan fingerprint density at radius 2 is 2.00 bits per heavy atom. The Bertz CT molecular complexity index is 302. The molecule has 0 heterocycles. The van der Waals surface area contributed by atoms with Crippen molar-refractivity contribution in [2.24, 2.45) is 0 Å². The summed E-state index contributed by atoms with van der Waals surface area (Å²) in [4.78, 5) is 0. The van der Waals surface area contributed by atoms with Crippen LogP contribution in [0, 0.1) is 6.92 Å². The van der Waals surface area contributed by atoms with E-state index in [0.29, 0.717) is 0 Å². The number of ether oxygens (including phenoxy) is 1. The zero-order chi connectivity index (χ0) is 11.3. The molecule has 0 spiro atoms. The van der Waals surface area contributed by atoms with E-state index >= 15 is 0 Å². The first kappa shape index (κ1) is 12.1. The molecule has 2 nitrogen and oxygen atoms in total. The van der Waals surface area contributed by atoms with E-state index in [-0.39, 0.29) is 5.54 Å². The van der Waals surface area contributed by atoms with Crippen molar-refractivity contribution in [1.82, 2.24) is 0 Å². The van der Waals surface area contributed by atoms with Crippen LogP contribution in [0.4, 0.5) is 0 Å². The van der Waals surface area contributed by atoms with Gasteiger partial charge >= 0.3 is 0 Å². The van der Waals surface area contributed by atoms with E-state index in [1.54, 1.807) is 0 Å². The van der Waals surface area contributed by atoms with Crippen LogP contribution in [0.2, 0.25) is 0 Å². The highest BCUT2D eigenvalue weighted by molar-refractivity contribution is 5.27. The van der Waals surface area contributed by atoms with Gasteiger partial charge in [0.05, 0.1) is 5.54 Å². The van der Waals surface area contributed by atoms with Gasteiger partial charge in [-0.3, -0.25) is 0 Å². The summed E-state index contributed by atoms with van der Waals surface area (Å²) in [7, 11) is 0. The quantitative estimate of drug-likeness (QED) is 0.749. The lowest BCUT2D eigenvalue weighted by atomic mass is 10.1. The molecule has 0 aliphatic heterocycles. The molecule has 1 aromatic rings. The maximum atomic E-state index is 5.65. The Labute approximate surface area is 92.6 Å². The van der Waals surface area contributed by atoms with Crippen LogP contribution in [0.3, 0.4) is 0 Å². The summed E-state index contributed by atoms with van der Waals surface area (Å²) in [5.41, 5.74) is 1.53. The SMILES string of the molecule is Cc1cccc(OCC[NH2+]C(C)(C)C)c1. The van der Waals surface area contributed by atoms with Crippen molar-refractivity contribution in [2.45, 2.75) is 33.2 Å². The molecule has 0 atom stereocenters. The van der Waals surface area contributed by atoms with Gasteiger partial charge in [0.1, 0.15) is 18.9 Å². The zero-order valence-corrected chi connectivity index (χ0v) is 10.2. The maximum Gasteiger partial charge on any atom is 0.137 e. The number of hydrogen-bond acceptors (Lipinski definition) is 1. The lowest BCUT2D eigenvalue weighted by Gasteiger charge is -2.16. The van der Waals surface area contributed by atoms with Crippen LogP contribution < -0.4 is 10.1 Å². The van der Waals surface area contributed by atoms with Crippen LogP contribution >= 0.6 is 0 Å². The maximum absolute atomic E-state index is 5.65. The molecule has 0 aliphatic rings. The van der Waals surface area contributed by atoms with E-state index < -0.39 is 0 Å². The Morgan fingerprint density at radius 1 is 1.27 bits per heavy atom. The number of nitrogens with two attached hydrogens (primary N) is 1. The fourth-order valence-electron chi connectivity index (χ4n) is 1.37. The molecule has 0 bridgehead atoms. The molecular formula is C13H22NO+. The standard InChI is InChI=1S/C13H21NO/c1-11-6-5-7-12(10-11)15-9-8-14-13(2,3)4/h5-7,10,14H,8-9H2,1-4H3/p+1. The first-order valence-corrected chi connectivity index (χ1v) is 5.51. The van der Waals surface area contributed by atoms with Crippen molar-refractivity contribution in [3.63, 3.8) is 0 Å². The van der Waals surface area contributed by atoms with E-state index in [1.165, 1.54) is 5.56 Å². The van der Waals surface area contributed by atoms with Gasteiger partial charge in [-0.1, -0.05) is 12.1 Å². The molecule has 0 fully saturated rings. The summed E-state index contributed by atoms with van der Waals surface area (Å²) in [5.74, 6) is 0.970. The smallest absolute Gasteiger partial charge is 0.137 e. The average Bonchev–Trinajstić information content (AvgIpc) is 2.11. The van der Waals surface area contributed by atoms with Crippen LogP contribution in [0.25, 0.3) is 0 Å². The van der Waals surface area contributed by atoms with Gasteiger partial charge in [-0.2, -0.15) is 0 Å². The van der Waals surface area contributed by atoms with Crippen LogP contribution in [-0.2, 0) is 0 Å². The second kappa shape index (κ2) is 5.17. The van der Waals surface area contributed by atoms with Crippen LogP contribution in [-0.4, -0.2) is 18.7 Å². The summed E-state index contributed by atoms with van der Waals surface area (Å²) in [6, 6.07) is 8.17. The van der Waals surface area contributed by atoms with E-state index in [4.69, 9.17) is 4.74 Å². The largest absolute Gasteiger partial charge is 0.488 e. The zero-order valence-electron chi connectivity index (χ0n) is 10.2. The molecular weight excluding hydrogens is 186 g/mol. The molecule has 2 N–H and O–H groups in total. The number of aryl methyl sites for hydroxylation is 1. The Hall–Kier alpha value is -1.02. The second-order valence-electron chi connectivity index (χ2n) is 5.02. The normalized spacial score (nSPS) is 11.5. The monoisotopic (exact) mass is 208 g/mol. The highest BCUT2D eigenvalue weighted by Gasteiger charge is 2.11. The molecule has 0 unspecified atom stereocenters. The first-order chi connectivity index (χ1) is 6.97. The van der Waals surface area contributed by atoms with Crippen molar-refractivity contribution in [1.29, 1.82) is 0 Å². The van der Waals surface area contributed by atoms with Gasteiger partial charge in [-0.15, -0.1) is 0 Å². The third kappa shape index (κ3) is 5.43. The minimum absolute atomic E-state index is 0.288. The van der Waals surface area contributed by atoms with Gasteiger partial charge in [0, 0.05) is 0 Å². The molecule has 2 heteroatoms. The number of hydrogen-bond donors (Lipinski definition) is 1. The van der Waals surface area contributed by atoms with E-state index in [0.717, 1.165) is 18.9 Å². The molecule has 0 radical (unpaired) electrons. The van der Waals surface area contributed by atoms with Crippen molar-refractivity contribution < 1.29 is 10.1 Å². The van der Waals surface area contributed by atoms with Crippen molar-refractivity contribution >= 4 is 0 Å². The van der Waals surface area contributed by atoms with Gasteiger partial charge in [0.2, 0.25) is 0 Å². The second-order valence-corrected chi connectivity index (χ2v) is 5.02. The molecule has 15 heavy (non-hydrogen) atoms. The lowest BCUT2D eigenvalue weighted by molar-refractivity contribution is -0.717. The van der Waals surface area contributed by atoms with Gasteiger partial charge in [-0.05, 0) is 45.4 Å². The summed E-state index contributed by atoms with van der Waals surface area (Å²) >= 11 is 0. The van der Waals surface area contributed by atoms with Gasteiger partial charge in [0.25, 0.3) is 0 Å². The summed E-state index contributed by atoms with van der Waals surface area (Å²) in [6.45, 7) is 10.5. The van der Waals surface area contributed by atoms with Gasteiger partial charge < -0.3 is 10.1 Å². The van der Waals surface area contributed by atoms with E-state index in [9.17, 15) is 0 Å². The molecule has 1 rings (SSSR count). The highest BCUT2D eigenvalue weighted by Crippen LogP contribution is 2.11. The number of quaternary nitrogens is 1. The van der Waals surface area contributed by atoms with Crippen LogP contribution in [0.5, 0.6) is 5.75 Å². The number of benzene rings is 1. The molecule has 84 valence electrons. The molecule has 0 aromatic heterocycles. The van der Waals surface area contributed by atoms with Crippen LogP contribution in [0.15, 0.2) is 24.3 Å². The first-order valence-electron chi connectivity index (χ1n) is 5.51. The summed E-state index contributed by atoms with van der Waals surface area (Å²) in [5, 5.41) is 2.29. The predicted octanol–water partition coefficient (Wildman–Crippen LogP) is 1.74. The fourth-order valence-corrected chi connectivity index (χ4v) is 1.37. The molecule has 0 saturated carbocycles. The Morgan fingerprint density at radius 3 is 2.60 bits per heavy atom. The highest BCUT2D eigenvalue weighted by atomic mass is 16.5. The number of rotatable bonds is 4. The Balaban J connectivity index is 2.26. The van der Waals surface area contributed by atoms with E-state index in [2.05, 4.69) is 45.1 Å². The predicted molar refractivity (Wildman–Crippen MR) is 63.2 cm³/mol. The lowest BCUT2D eigenvalue weighted by Crippen LogP contribution is -2.95. The van der Waals surface area contributed by atoms with Gasteiger partial charge in [-0.25, -0.2) is 0 Å². The average molecular weight is 208 g/mol. The van der Waals surface area contributed by atoms with Crippen molar-refractivity contribution in [3.8, 4) is 5.75 Å². The van der Waals surface area contributed by atoms with Crippen LogP contribution in [0.1, 0.15) is 26.3 Å². The third-order valence-corrected chi connectivity index (χ3v) is 2.13. The fraction of sp³-hybridized carbons (Fsp3) is 0.538. The molecule has 1 aromatic carbocycles.